The number of carbonyl (C=O) groups is 1. The second-order valence-corrected chi connectivity index (χ2v) is 14.2. The third-order valence-corrected chi connectivity index (χ3v) is 9.75. The average Bonchev–Trinajstić information content (AvgIpc) is 3.64. The van der Waals surface area contributed by atoms with Gasteiger partial charge in [0.15, 0.2) is 0 Å². The minimum atomic E-state index is -1.34. The van der Waals surface area contributed by atoms with Crippen LogP contribution in [0.25, 0.3) is 22.4 Å². The summed E-state index contributed by atoms with van der Waals surface area (Å²) >= 11 is 0. The van der Waals surface area contributed by atoms with Crippen molar-refractivity contribution in [1.82, 2.24) is 19.5 Å². The predicted octanol–water partition coefficient (Wildman–Crippen LogP) is 4.81. The van der Waals surface area contributed by atoms with Crippen LogP contribution in [0, 0.1) is 11.3 Å². The van der Waals surface area contributed by atoms with E-state index in [4.69, 9.17) is 4.98 Å². The van der Waals surface area contributed by atoms with E-state index in [-0.39, 0.29) is 18.6 Å². The van der Waals surface area contributed by atoms with Gasteiger partial charge in [0.2, 0.25) is 0 Å². The maximum atomic E-state index is 13.7. The van der Waals surface area contributed by atoms with Gasteiger partial charge in [-0.3, -0.25) is 4.79 Å². The third kappa shape index (κ3) is 6.47. The minimum Gasteiger partial charge on any atom is -0.396 e. The van der Waals surface area contributed by atoms with Crippen LogP contribution in [0.5, 0.6) is 0 Å². The number of carbonyl (C=O) groups excluding carboxylic acids is 1. The highest BCUT2D eigenvalue weighted by molar-refractivity contribution is 7.84. The lowest BCUT2D eigenvalue weighted by Gasteiger charge is -2.30. The van der Waals surface area contributed by atoms with Gasteiger partial charge in [-0.15, -0.1) is 0 Å². The van der Waals surface area contributed by atoms with Gasteiger partial charge in [0, 0.05) is 37.4 Å². The summed E-state index contributed by atoms with van der Waals surface area (Å²) < 4.78 is 15.1. The Bertz CT molecular complexity index is 1520. The Hall–Kier alpha value is -3.42. The molecule has 1 amide bonds. The number of likely N-dealkylation sites (tertiary alicyclic amines) is 1. The van der Waals surface area contributed by atoms with Crippen LogP contribution in [0.2, 0.25) is 0 Å². The zero-order valence-electron chi connectivity index (χ0n) is 24.6. The lowest BCUT2D eigenvalue weighted by molar-refractivity contribution is 0.0944. The van der Waals surface area contributed by atoms with Gasteiger partial charge >= 0.3 is 0 Å². The van der Waals surface area contributed by atoms with E-state index in [0.717, 1.165) is 47.5 Å². The van der Waals surface area contributed by atoms with Crippen molar-refractivity contribution in [3.05, 3.63) is 77.0 Å². The van der Waals surface area contributed by atoms with Crippen LogP contribution < -0.4 is 5.32 Å². The van der Waals surface area contributed by atoms with Crippen LogP contribution in [0.4, 0.5) is 0 Å². The molecule has 2 N–H and O–H groups in total. The van der Waals surface area contributed by atoms with Crippen molar-refractivity contribution in [2.45, 2.75) is 57.4 Å². The minimum absolute atomic E-state index is 0.0683. The molecule has 0 spiro atoms. The van der Waals surface area contributed by atoms with Crippen molar-refractivity contribution in [2.24, 2.45) is 0 Å². The standard InChI is InChI=1S/C33H39N5O3S/c1-33(2,3)42(41)38-22-27-20-28(32(40)35-13-16-37-14-4-5-15-37)36-31(30(27)29(38)12-17-39)26-11-7-10-25(19-26)24-9-6-8-23(18-24)21-34/h6-11,18-20,29,39H,4-5,12-17,22H2,1-3H3,(H,35,40)/t29-,42-/m0/s1. The molecule has 0 bridgehead atoms. The van der Waals surface area contributed by atoms with Gasteiger partial charge in [-0.05, 0) is 94.1 Å². The molecule has 1 aromatic heterocycles. The molecular formula is C33H39N5O3S. The molecule has 1 fully saturated rings. The highest BCUT2D eigenvalue weighted by Crippen LogP contribution is 2.44. The maximum absolute atomic E-state index is 13.7. The van der Waals surface area contributed by atoms with E-state index in [1.54, 1.807) is 6.07 Å². The number of pyridine rings is 1. The number of rotatable bonds is 9. The Labute approximate surface area is 251 Å². The van der Waals surface area contributed by atoms with Crippen molar-refractivity contribution in [3.63, 3.8) is 0 Å². The zero-order valence-corrected chi connectivity index (χ0v) is 25.4. The lowest BCUT2D eigenvalue weighted by atomic mass is 9.93. The van der Waals surface area contributed by atoms with Crippen LogP contribution >= 0.6 is 0 Å². The van der Waals surface area contributed by atoms with Gasteiger partial charge in [-0.25, -0.2) is 13.5 Å². The first kappa shape index (κ1) is 30.1. The highest BCUT2D eigenvalue weighted by Gasteiger charge is 2.40. The maximum Gasteiger partial charge on any atom is 0.269 e. The van der Waals surface area contributed by atoms with Crippen LogP contribution in [0.15, 0.2) is 54.6 Å². The van der Waals surface area contributed by atoms with Crippen LogP contribution in [-0.2, 0) is 17.5 Å². The van der Waals surface area contributed by atoms with E-state index in [1.165, 1.54) is 12.8 Å². The molecule has 8 nitrogen and oxygen atoms in total. The van der Waals surface area contributed by atoms with Gasteiger partial charge in [-0.2, -0.15) is 5.26 Å². The normalized spacial score (nSPS) is 18.0. The molecule has 0 unspecified atom stereocenters. The molecule has 220 valence electrons. The molecule has 1 saturated heterocycles. The van der Waals surface area contributed by atoms with Gasteiger partial charge < -0.3 is 15.3 Å². The Kier molecular flexibility index (Phi) is 9.19. The number of hydrogen-bond donors (Lipinski definition) is 2. The fourth-order valence-corrected chi connectivity index (χ4v) is 7.25. The number of hydrogen-bond acceptors (Lipinski definition) is 6. The Morgan fingerprint density at radius 3 is 2.48 bits per heavy atom. The quantitative estimate of drug-likeness (QED) is 0.373. The number of aliphatic hydroxyl groups excluding tert-OH is 1. The van der Waals surface area contributed by atoms with Crippen molar-refractivity contribution < 1.29 is 14.1 Å². The first-order valence-electron chi connectivity index (χ1n) is 14.6. The van der Waals surface area contributed by atoms with E-state index < -0.39 is 15.7 Å². The lowest BCUT2D eigenvalue weighted by Crippen LogP contribution is -2.36. The number of benzene rings is 2. The first-order valence-corrected chi connectivity index (χ1v) is 15.7. The second kappa shape index (κ2) is 12.8. The van der Waals surface area contributed by atoms with Gasteiger partial charge in [0.05, 0.1) is 28.1 Å². The van der Waals surface area contributed by atoms with Crippen LogP contribution in [-0.4, -0.2) is 66.9 Å². The van der Waals surface area contributed by atoms with Gasteiger partial charge in [-0.1, -0.05) is 30.3 Å². The number of aliphatic hydroxyl groups is 1. The number of nitrogens with one attached hydrogen (secondary N) is 1. The summed E-state index contributed by atoms with van der Waals surface area (Å²) in [6, 6.07) is 19.1. The van der Waals surface area contributed by atoms with E-state index in [2.05, 4.69) is 16.3 Å². The molecule has 42 heavy (non-hydrogen) atoms. The molecule has 0 saturated carbocycles. The second-order valence-electron chi connectivity index (χ2n) is 12.0. The molecule has 0 aliphatic carbocycles. The molecular weight excluding hydrogens is 546 g/mol. The average molecular weight is 586 g/mol. The number of fused-ring (bicyclic) bond motifs is 1. The van der Waals surface area contributed by atoms with E-state index in [0.29, 0.717) is 36.5 Å². The SMILES string of the molecule is CC(C)(C)[S@](=O)N1Cc2cc(C(=O)NCCN3CCCC3)nc(-c3cccc(-c4cccc(C#N)c4)c3)c2[C@@H]1CCO. The summed E-state index contributed by atoms with van der Waals surface area (Å²) in [5, 5.41) is 22.5. The monoisotopic (exact) mass is 585 g/mol. The van der Waals surface area contributed by atoms with Gasteiger partial charge in [0.1, 0.15) is 16.7 Å². The summed E-state index contributed by atoms with van der Waals surface area (Å²) in [7, 11) is -1.34. The molecule has 3 aromatic rings. The number of amides is 1. The number of nitriles is 1. The fourth-order valence-electron chi connectivity index (χ4n) is 5.84. The molecule has 9 heteroatoms. The van der Waals surface area contributed by atoms with Crippen molar-refractivity contribution in [3.8, 4) is 28.5 Å². The van der Waals surface area contributed by atoms with Crippen LogP contribution in [0.3, 0.4) is 0 Å². The van der Waals surface area contributed by atoms with Crippen molar-refractivity contribution >= 4 is 16.9 Å². The fraction of sp³-hybridized carbons (Fsp3) is 0.424. The first-order chi connectivity index (χ1) is 20.2. The molecule has 2 aromatic carbocycles. The van der Waals surface area contributed by atoms with Crippen molar-refractivity contribution in [2.75, 3.05) is 32.8 Å². The predicted molar refractivity (Wildman–Crippen MR) is 166 cm³/mol. The Morgan fingerprint density at radius 1 is 1.10 bits per heavy atom. The summed E-state index contributed by atoms with van der Waals surface area (Å²) in [4.78, 5) is 20.7. The number of nitrogens with zero attached hydrogens (tertiary/aromatic N) is 4. The largest absolute Gasteiger partial charge is 0.396 e. The zero-order chi connectivity index (χ0) is 29.9. The molecule has 3 heterocycles. The summed E-state index contributed by atoms with van der Waals surface area (Å²) in [6.07, 6.45) is 2.80. The molecule has 2 atom stereocenters. The third-order valence-electron chi connectivity index (χ3n) is 7.90. The van der Waals surface area contributed by atoms with E-state index in [9.17, 15) is 19.4 Å². The van der Waals surface area contributed by atoms with E-state index in [1.807, 2.05) is 73.6 Å². The molecule has 5 rings (SSSR count). The molecule has 2 aliphatic heterocycles. The molecule has 0 radical (unpaired) electrons. The summed E-state index contributed by atoms with van der Waals surface area (Å²) in [5.74, 6) is -0.231. The van der Waals surface area contributed by atoms with Crippen molar-refractivity contribution in [1.29, 1.82) is 5.26 Å². The topological polar surface area (TPSA) is 110 Å². The van der Waals surface area contributed by atoms with E-state index >= 15 is 0 Å². The highest BCUT2D eigenvalue weighted by atomic mass is 32.2. The summed E-state index contributed by atoms with van der Waals surface area (Å²) in [5.41, 5.74) is 6.02. The van der Waals surface area contributed by atoms with Crippen LogP contribution in [0.1, 0.15) is 73.3 Å². The molecule has 2 aliphatic rings. The smallest absolute Gasteiger partial charge is 0.269 e. The Balaban J connectivity index is 1.57. The summed E-state index contributed by atoms with van der Waals surface area (Å²) in [6.45, 7) is 9.65. The Morgan fingerprint density at radius 2 is 1.79 bits per heavy atom. The van der Waals surface area contributed by atoms with Gasteiger partial charge in [0.25, 0.3) is 5.91 Å². The number of aromatic nitrogens is 1.